The number of rotatable bonds is 5. The summed E-state index contributed by atoms with van der Waals surface area (Å²) >= 11 is 3.13. The number of hydrogen-bond donors (Lipinski definition) is 0. The van der Waals surface area contributed by atoms with E-state index in [1.807, 2.05) is 0 Å². The van der Waals surface area contributed by atoms with Crippen LogP contribution in [0.4, 0.5) is 4.39 Å². The standard InChI is InChI=1S/C16H14BrFO4/c1-20-12-4-6-15(21-2)10(7-12)9-22-16(19)13-5-3-11(17)8-14(13)18/h3-8H,9H2,1-2H3. The van der Waals surface area contributed by atoms with E-state index in [-0.39, 0.29) is 12.2 Å². The maximum atomic E-state index is 13.7. The first-order valence-electron chi connectivity index (χ1n) is 6.38. The van der Waals surface area contributed by atoms with Gasteiger partial charge in [-0.2, -0.15) is 0 Å². The van der Waals surface area contributed by atoms with Crippen molar-refractivity contribution in [1.82, 2.24) is 0 Å². The molecule has 0 N–H and O–H groups in total. The molecule has 0 aliphatic heterocycles. The van der Waals surface area contributed by atoms with E-state index in [1.165, 1.54) is 26.4 Å². The summed E-state index contributed by atoms with van der Waals surface area (Å²) in [6.45, 7) is -0.0469. The highest BCUT2D eigenvalue weighted by atomic mass is 79.9. The second kappa shape index (κ2) is 7.26. The molecule has 4 nitrogen and oxygen atoms in total. The van der Waals surface area contributed by atoms with Crippen molar-refractivity contribution in [1.29, 1.82) is 0 Å². The Morgan fingerprint density at radius 3 is 2.55 bits per heavy atom. The van der Waals surface area contributed by atoms with Crippen LogP contribution in [-0.4, -0.2) is 20.2 Å². The quantitative estimate of drug-likeness (QED) is 0.749. The minimum Gasteiger partial charge on any atom is -0.497 e. The third-order valence-corrected chi connectivity index (χ3v) is 3.49. The van der Waals surface area contributed by atoms with Crippen molar-refractivity contribution in [2.45, 2.75) is 6.61 Å². The van der Waals surface area contributed by atoms with Crippen LogP contribution in [0.15, 0.2) is 40.9 Å². The lowest BCUT2D eigenvalue weighted by atomic mass is 10.2. The molecular formula is C16H14BrFO4. The molecule has 2 aromatic carbocycles. The highest BCUT2D eigenvalue weighted by Gasteiger charge is 2.15. The highest BCUT2D eigenvalue weighted by Crippen LogP contribution is 2.25. The summed E-state index contributed by atoms with van der Waals surface area (Å²) in [6, 6.07) is 9.30. The Kier molecular flexibility index (Phi) is 5.38. The van der Waals surface area contributed by atoms with E-state index >= 15 is 0 Å². The van der Waals surface area contributed by atoms with Crippen LogP contribution in [-0.2, 0) is 11.3 Å². The van der Waals surface area contributed by atoms with Gasteiger partial charge in [0, 0.05) is 10.0 Å². The fourth-order valence-corrected chi connectivity index (χ4v) is 2.20. The Bertz CT molecular complexity index is 688. The minimum atomic E-state index is -0.741. The maximum absolute atomic E-state index is 13.7. The summed E-state index contributed by atoms with van der Waals surface area (Å²) in [6.07, 6.45) is 0. The molecule has 0 atom stereocenters. The van der Waals surface area contributed by atoms with Crippen LogP contribution in [0.2, 0.25) is 0 Å². The monoisotopic (exact) mass is 368 g/mol. The van der Waals surface area contributed by atoms with Gasteiger partial charge in [0.2, 0.25) is 0 Å². The molecule has 0 aliphatic rings. The summed E-state index contributed by atoms with van der Waals surface area (Å²) < 4.78 is 29.7. The Hall–Kier alpha value is -2.08. The van der Waals surface area contributed by atoms with Gasteiger partial charge in [0.25, 0.3) is 0 Å². The minimum absolute atomic E-state index is 0.0469. The molecule has 22 heavy (non-hydrogen) atoms. The Morgan fingerprint density at radius 1 is 1.14 bits per heavy atom. The highest BCUT2D eigenvalue weighted by molar-refractivity contribution is 9.10. The predicted molar refractivity (Wildman–Crippen MR) is 82.8 cm³/mol. The number of esters is 1. The third kappa shape index (κ3) is 3.76. The lowest BCUT2D eigenvalue weighted by Crippen LogP contribution is -2.08. The summed E-state index contributed by atoms with van der Waals surface area (Å²) in [5.41, 5.74) is 0.512. The zero-order valence-corrected chi connectivity index (χ0v) is 13.6. The van der Waals surface area contributed by atoms with Crippen molar-refractivity contribution in [2.75, 3.05) is 14.2 Å². The van der Waals surface area contributed by atoms with Crippen molar-refractivity contribution >= 4 is 21.9 Å². The molecule has 116 valence electrons. The van der Waals surface area contributed by atoms with Gasteiger partial charge in [0.15, 0.2) is 0 Å². The van der Waals surface area contributed by atoms with Crippen molar-refractivity contribution in [3.05, 3.63) is 57.8 Å². The summed E-state index contributed by atoms with van der Waals surface area (Å²) in [4.78, 5) is 12.0. The van der Waals surface area contributed by atoms with E-state index in [0.717, 1.165) is 0 Å². The van der Waals surface area contributed by atoms with Crippen LogP contribution in [0, 0.1) is 5.82 Å². The number of halogens is 2. The number of ether oxygens (including phenoxy) is 3. The van der Waals surface area contributed by atoms with E-state index in [0.29, 0.717) is 21.5 Å². The van der Waals surface area contributed by atoms with Gasteiger partial charge in [-0.15, -0.1) is 0 Å². The first-order chi connectivity index (χ1) is 10.5. The Morgan fingerprint density at radius 2 is 1.91 bits per heavy atom. The van der Waals surface area contributed by atoms with Gasteiger partial charge in [-0.05, 0) is 36.4 Å². The molecule has 0 radical (unpaired) electrons. The zero-order chi connectivity index (χ0) is 16.1. The van der Waals surface area contributed by atoms with E-state index in [2.05, 4.69) is 15.9 Å². The van der Waals surface area contributed by atoms with Crippen LogP contribution in [0.1, 0.15) is 15.9 Å². The fourth-order valence-electron chi connectivity index (χ4n) is 1.87. The molecule has 0 amide bonds. The van der Waals surface area contributed by atoms with Gasteiger partial charge < -0.3 is 14.2 Å². The number of hydrogen-bond acceptors (Lipinski definition) is 4. The lowest BCUT2D eigenvalue weighted by Gasteiger charge is -2.11. The smallest absolute Gasteiger partial charge is 0.341 e. The van der Waals surface area contributed by atoms with Crippen LogP contribution in [0.5, 0.6) is 11.5 Å². The van der Waals surface area contributed by atoms with Gasteiger partial charge in [0.05, 0.1) is 19.8 Å². The third-order valence-electron chi connectivity index (χ3n) is 3.00. The summed E-state index contributed by atoms with van der Waals surface area (Å²) in [5.74, 6) is -0.210. The molecule has 0 heterocycles. The van der Waals surface area contributed by atoms with Crippen LogP contribution in [0.25, 0.3) is 0 Å². The molecule has 0 saturated carbocycles. The average molecular weight is 369 g/mol. The molecule has 0 fully saturated rings. The molecule has 2 aromatic rings. The van der Waals surface area contributed by atoms with Crippen molar-refractivity contribution in [3.8, 4) is 11.5 Å². The van der Waals surface area contributed by atoms with Crippen LogP contribution < -0.4 is 9.47 Å². The van der Waals surface area contributed by atoms with Crippen LogP contribution >= 0.6 is 15.9 Å². The molecule has 0 aliphatic carbocycles. The van der Waals surface area contributed by atoms with Gasteiger partial charge in [-0.1, -0.05) is 15.9 Å². The SMILES string of the molecule is COc1ccc(OC)c(COC(=O)c2ccc(Br)cc2F)c1. The second-order valence-corrected chi connectivity index (χ2v) is 5.29. The second-order valence-electron chi connectivity index (χ2n) is 4.38. The fraction of sp³-hybridized carbons (Fsp3) is 0.188. The van der Waals surface area contributed by atoms with Gasteiger partial charge in [-0.25, -0.2) is 9.18 Å². The molecule has 0 aromatic heterocycles. The van der Waals surface area contributed by atoms with Crippen molar-refractivity contribution in [3.63, 3.8) is 0 Å². The van der Waals surface area contributed by atoms with E-state index in [1.54, 1.807) is 24.3 Å². The van der Waals surface area contributed by atoms with E-state index in [9.17, 15) is 9.18 Å². The predicted octanol–water partition coefficient (Wildman–Crippen LogP) is 3.96. The molecule has 0 spiro atoms. The topological polar surface area (TPSA) is 44.8 Å². The normalized spacial score (nSPS) is 10.2. The summed E-state index contributed by atoms with van der Waals surface area (Å²) in [5, 5.41) is 0. The molecular weight excluding hydrogens is 355 g/mol. The van der Waals surface area contributed by atoms with E-state index < -0.39 is 11.8 Å². The van der Waals surface area contributed by atoms with Crippen molar-refractivity contribution in [2.24, 2.45) is 0 Å². The van der Waals surface area contributed by atoms with Gasteiger partial charge >= 0.3 is 5.97 Å². The van der Waals surface area contributed by atoms with Crippen LogP contribution in [0.3, 0.4) is 0 Å². The molecule has 0 bridgehead atoms. The number of carbonyl (C=O) groups excluding carboxylic acids is 1. The average Bonchev–Trinajstić information content (AvgIpc) is 2.52. The molecule has 6 heteroatoms. The van der Waals surface area contributed by atoms with Gasteiger partial charge in [-0.3, -0.25) is 0 Å². The molecule has 0 saturated heterocycles. The Labute approximate surface area is 135 Å². The molecule has 2 rings (SSSR count). The largest absolute Gasteiger partial charge is 0.497 e. The number of carbonyl (C=O) groups is 1. The van der Waals surface area contributed by atoms with Gasteiger partial charge in [0.1, 0.15) is 23.9 Å². The lowest BCUT2D eigenvalue weighted by molar-refractivity contribution is 0.0464. The summed E-state index contributed by atoms with van der Waals surface area (Å²) in [7, 11) is 3.05. The maximum Gasteiger partial charge on any atom is 0.341 e. The van der Waals surface area contributed by atoms with E-state index in [4.69, 9.17) is 14.2 Å². The zero-order valence-electron chi connectivity index (χ0n) is 12.1. The number of benzene rings is 2. The first-order valence-corrected chi connectivity index (χ1v) is 7.17. The molecule has 0 unspecified atom stereocenters. The number of methoxy groups -OCH3 is 2. The Balaban J connectivity index is 2.13. The van der Waals surface area contributed by atoms with Crippen molar-refractivity contribution < 1.29 is 23.4 Å². The first kappa shape index (κ1) is 16.3.